The fourth-order valence-electron chi connectivity index (χ4n) is 1.18. The monoisotopic (exact) mass is 213 g/mol. The molecule has 2 unspecified atom stereocenters. The maximum atomic E-state index is 10.9. The maximum Gasteiger partial charge on any atom is 0.149 e. The van der Waals surface area contributed by atoms with Gasteiger partial charge in [-0.15, -0.1) is 5.10 Å². The summed E-state index contributed by atoms with van der Waals surface area (Å²) in [5.74, 6) is 1.36. The topological polar surface area (TPSA) is 54.9 Å². The summed E-state index contributed by atoms with van der Waals surface area (Å²) in [4.78, 5) is 0. The van der Waals surface area contributed by atoms with Crippen molar-refractivity contribution in [2.45, 2.75) is 19.9 Å². The average molecular weight is 213 g/mol. The Morgan fingerprint density at radius 2 is 2.36 bits per heavy atom. The number of rotatable bonds is 4. The lowest BCUT2D eigenvalue weighted by Crippen LogP contribution is -2.23. The molecule has 0 amide bonds. The number of hydrogen-bond donors (Lipinski definition) is 1. The van der Waals surface area contributed by atoms with Crippen LogP contribution < -0.4 is 5.32 Å². The summed E-state index contributed by atoms with van der Waals surface area (Å²) in [5.41, 5.74) is 1.06. The van der Waals surface area contributed by atoms with Gasteiger partial charge in [0.05, 0.1) is 6.20 Å². The molecule has 0 fully saturated rings. The molecule has 4 nitrogen and oxygen atoms in total. The van der Waals surface area contributed by atoms with Gasteiger partial charge in [0.25, 0.3) is 0 Å². The molecule has 0 aromatic carbocycles. The van der Waals surface area contributed by atoms with Crippen molar-refractivity contribution in [2.75, 3.05) is 17.3 Å². The molecule has 1 heterocycles. The minimum absolute atomic E-state index is 0.150. The van der Waals surface area contributed by atoms with E-state index in [0.29, 0.717) is 5.75 Å². The minimum atomic E-state index is -0.785. The van der Waals surface area contributed by atoms with Gasteiger partial charge in [0, 0.05) is 28.9 Å². The normalized spacial score (nSPS) is 14.8. The number of anilines is 1. The first-order valence-electron chi connectivity index (χ1n) is 4.44. The van der Waals surface area contributed by atoms with Gasteiger partial charge >= 0.3 is 0 Å². The van der Waals surface area contributed by atoms with Crippen LogP contribution in [0.2, 0.25) is 0 Å². The maximum absolute atomic E-state index is 10.9. The van der Waals surface area contributed by atoms with Gasteiger partial charge in [0.1, 0.15) is 5.82 Å². The molecule has 0 spiro atoms. The van der Waals surface area contributed by atoms with E-state index >= 15 is 0 Å². The summed E-state index contributed by atoms with van der Waals surface area (Å²) in [6, 6.07) is 2.07. The summed E-state index contributed by atoms with van der Waals surface area (Å²) < 4.78 is 10.9. The predicted molar refractivity (Wildman–Crippen MR) is 58.8 cm³/mol. The van der Waals surface area contributed by atoms with Crippen LogP contribution in [0.5, 0.6) is 0 Å². The van der Waals surface area contributed by atoms with Gasteiger partial charge in [-0.1, -0.05) is 0 Å². The first kappa shape index (κ1) is 11.1. The van der Waals surface area contributed by atoms with Gasteiger partial charge in [0.2, 0.25) is 0 Å². The second-order valence-electron chi connectivity index (χ2n) is 3.40. The zero-order valence-electron chi connectivity index (χ0n) is 8.65. The molecule has 5 heteroatoms. The van der Waals surface area contributed by atoms with Gasteiger partial charge in [-0.05, 0) is 25.5 Å². The molecule has 0 saturated carbocycles. The van der Waals surface area contributed by atoms with Crippen LogP contribution in [-0.4, -0.2) is 32.5 Å². The highest BCUT2D eigenvalue weighted by molar-refractivity contribution is 7.84. The molecule has 1 aromatic heterocycles. The van der Waals surface area contributed by atoms with Gasteiger partial charge in [-0.2, -0.15) is 5.10 Å². The van der Waals surface area contributed by atoms with E-state index in [9.17, 15) is 4.21 Å². The molecule has 0 aliphatic heterocycles. The molecule has 78 valence electrons. The predicted octanol–water partition coefficient (Wildman–Crippen LogP) is 0.964. The minimum Gasteiger partial charge on any atom is -0.365 e. The van der Waals surface area contributed by atoms with Crippen molar-refractivity contribution in [2.24, 2.45) is 0 Å². The SMILES string of the molecule is Cc1cnnc(NC(C)CS(C)=O)c1. The third kappa shape index (κ3) is 3.83. The Balaban J connectivity index is 2.55. The van der Waals surface area contributed by atoms with Crippen LogP contribution in [0.15, 0.2) is 12.3 Å². The van der Waals surface area contributed by atoms with E-state index in [1.165, 1.54) is 0 Å². The molecule has 1 N–H and O–H groups in total. The Hall–Kier alpha value is -0.970. The molecule has 0 aliphatic carbocycles. The first-order valence-corrected chi connectivity index (χ1v) is 6.16. The largest absolute Gasteiger partial charge is 0.365 e. The highest BCUT2D eigenvalue weighted by Gasteiger charge is 2.04. The number of nitrogens with zero attached hydrogens (tertiary/aromatic N) is 2. The highest BCUT2D eigenvalue weighted by Crippen LogP contribution is 2.05. The number of hydrogen-bond acceptors (Lipinski definition) is 4. The van der Waals surface area contributed by atoms with Crippen molar-refractivity contribution in [3.63, 3.8) is 0 Å². The lowest BCUT2D eigenvalue weighted by atomic mass is 10.3. The summed E-state index contributed by atoms with van der Waals surface area (Å²) >= 11 is 0. The van der Waals surface area contributed by atoms with Crippen molar-refractivity contribution < 1.29 is 4.21 Å². The van der Waals surface area contributed by atoms with Gasteiger partial charge in [0.15, 0.2) is 0 Å². The summed E-state index contributed by atoms with van der Waals surface area (Å²) in [7, 11) is -0.785. The Bertz CT molecular complexity index is 330. The van der Waals surface area contributed by atoms with Gasteiger partial charge < -0.3 is 5.32 Å². The molecule has 0 saturated heterocycles. The standard InChI is InChI=1S/C9H15N3OS/c1-7-4-9(12-10-5-7)11-8(2)6-14(3)13/h4-5,8H,6H2,1-3H3,(H,11,12). The first-order chi connectivity index (χ1) is 6.58. The summed E-state index contributed by atoms with van der Waals surface area (Å²) in [6.45, 7) is 3.94. The third-order valence-corrected chi connectivity index (χ3v) is 2.64. The third-order valence-electron chi connectivity index (χ3n) is 1.67. The van der Waals surface area contributed by atoms with Crippen molar-refractivity contribution in [1.82, 2.24) is 10.2 Å². The van der Waals surface area contributed by atoms with Crippen LogP contribution in [0, 0.1) is 6.92 Å². The number of nitrogens with one attached hydrogen (secondary N) is 1. The van der Waals surface area contributed by atoms with Crippen molar-refractivity contribution in [3.8, 4) is 0 Å². The average Bonchev–Trinajstić information content (AvgIpc) is 2.01. The second kappa shape index (κ2) is 5.05. The van der Waals surface area contributed by atoms with Crippen molar-refractivity contribution in [1.29, 1.82) is 0 Å². The second-order valence-corrected chi connectivity index (χ2v) is 4.88. The molecule has 0 aliphatic rings. The highest BCUT2D eigenvalue weighted by atomic mass is 32.2. The molecule has 0 bridgehead atoms. The van der Waals surface area contributed by atoms with E-state index in [4.69, 9.17) is 0 Å². The molecule has 1 aromatic rings. The summed E-state index contributed by atoms with van der Waals surface area (Å²) in [6.07, 6.45) is 3.40. The number of aryl methyl sites for hydroxylation is 1. The van der Waals surface area contributed by atoms with E-state index in [1.807, 2.05) is 19.9 Å². The molecular weight excluding hydrogens is 198 g/mol. The van der Waals surface area contributed by atoms with Crippen LogP contribution in [-0.2, 0) is 10.8 Å². The van der Waals surface area contributed by atoms with Crippen molar-refractivity contribution >= 4 is 16.6 Å². The molecule has 0 radical (unpaired) electrons. The molecular formula is C9H15N3OS. The van der Waals surface area contributed by atoms with E-state index in [2.05, 4.69) is 15.5 Å². The quantitative estimate of drug-likeness (QED) is 0.809. The lowest BCUT2D eigenvalue weighted by Gasteiger charge is -2.12. The van der Waals surface area contributed by atoms with E-state index in [1.54, 1.807) is 12.5 Å². The van der Waals surface area contributed by atoms with Crippen LogP contribution in [0.3, 0.4) is 0 Å². The fourth-order valence-corrected chi connectivity index (χ4v) is 1.97. The van der Waals surface area contributed by atoms with Crippen molar-refractivity contribution in [3.05, 3.63) is 17.8 Å². The van der Waals surface area contributed by atoms with E-state index in [0.717, 1.165) is 11.4 Å². The molecule has 1 rings (SSSR count). The van der Waals surface area contributed by atoms with Gasteiger partial charge in [-0.25, -0.2) is 0 Å². The van der Waals surface area contributed by atoms with Gasteiger partial charge in [-0.3, -0.25) is 4.21 Å². The van der Waals surface area contributed by atoms with Crippen LogP contribution >= 0.6 is 0 Å². The zero-order chi connectivity index (χ0) is 10.6. The fraction of sp³-hybridized carbons (Fsp3) is 0.556. The summed E-state index contributed by atoms with van der Waals surface area (Å²) in [5, 5.41) is 10.9. The Kier molecular flexibility index (Phi) is 4.00. The smallest absolute Gasteiger partial charge is 0.149 e. The Morgan fingerprint density at radius 1 is 1.64 bits per heavy atom. The Morgan fingerprint density at radius 3 is 2.93 bits per heavy atom. The zero-order valence-corrected chi connectivity index (χ0v) is 9.47. The van der Waals surface area contributed by atoms with E-state index in [-0.39, 0.29) is 6.04 Å². The Labute approximate surface area is 86.6 Å². The lowest BCUT2D eigenvalue weighted by molar-refractivity contribution is 0.682. The van der Waals surface area contributed by atoms with Crippen LogP contribution in [0.4, 0.5) is 5.82 Å². The van der Waals surface area contributed by atoms with Crippen LogP contribution in [0.1, 0.15) is 12.5 Å². The molecule has 14 heavy (non-hydrogen) atoms. The number of aromatic nitrogens is 2. The van der Waals surface area contributed by atoms with E-state index < -0.39 is 10.8 Å². The molecule has 2 atom stereocenters. The van der Waals surface area contributed by atoms with Crippen LogP contribution in [0.25, 0.3) is 0 Å².